The van der Waals surface area contributed by atoms with Crippen LogP contribution in [0, 0.1) is 0 Å². The number of phenols is 1. The molecule has 0 aliphatic heterocycles. The SMILES string of the molecule is C=C/C=c1/c(O)ccc/c1=C/C.CC. The molecule has 0 aliphatic rings. The molecule has 0 saturated carbocycles. The molecule has 1 aromatic rings. The quantitative estimate of drug-likeness (QED) is 0.719. The molecule has 0 saturated heterocycles. The Morgan fingerprint density at radius 3 is 2.43 bits per heavy atom. The second-order valence-electron chi connectivity index (χ2n) is 2.47. The second kappa shape index (κ2) is 6.96. The molecule has 1 heteroatoms. The van der Waals surface area contributed by atoms with Crippen molar-refractivity contribution in [3.8, 4) is 5.75 Å². The van der Waals surface area contributed by atoms with Crippen molar-refractivity contribution in [2.75, 3.05) is 0 Å². The van der Waals surface area contributed by atoms with E-state index in [-0.39, 0.29) is 0 Å². The molecular weight excluding hydrogens is 172 g/mol. The van der Waals surface area contributed by atoms with Crippen LogP contribution in [0.25, 0.3) is 12.2 Å². The van der Waals surface area contributed by atoms with Gasteiger partial charge in [0.1, 0.15) is 5.75 Å². The summed E-state index contributed by atoms with van der Waals surface area (Å²) >= 11 is 0. The fraction of sp³-hybridized carbons (Fsp3) is 0.231. The molecule has 0 bridgehead atoms. The third-order valence-electron chi connectivity index (χ3n) is 1.71. The minimum atomic E-state index is 0.297. The molecule has 0 amide bonds. The highest BCUT2D eigenvalue weighted by atomic mass is 16.3. The van der Waals surface area contributed by atoms with E-state index in [9.17, 15) is 5.11 Å². The maximum atomic E-state index is 9.45. The average Bonchev–Trinajstić information content (AvgIpc) is 2.24. The van der Waals surface area contributed by atoms with Gasteiger partial charge in [0, 0.05) is 5.22 Å². The summed E-state index contributed by atoms with van der Waals surface area (Å²) in [6.07, 6.45) is 5.42. The highest BCUT2D eigenvalue weighted by molar-refractivity contribution is 5.43. The van der Waals surface area contributed by atoms with Crippen LogP contribution >= 0.6 is 0 Å². The van der Waals surface area contributed by atoms with Gasteiger partial charge in [-0.1, -0.05) is 50.8 Å². The molecule has 0 spiro atoms. The highest BCUT2D eigenvalue weighted by Gasteiger charge is 1.89. The van der Waals surface area contributed by atoms with Crippen molar-refractivity contribution in [3.05, 3.63) is 41.3 Å². The van der Waals surface area contributed by atoms with E-state index in [0.29, 0.717) is 5.75 Å². The van der Waals surface area contributed by atoms with E-state index in [1.807, 2.05) is 39.0 Å². The van der Waals surface area contributed by atoms with Gasteiger partial charge in [0.2, 0.25) is 0 Å². The Labute approximate surface area is 85.7 Å². The number of phenolic OH excluding ortho intramolecular Hbond substituents is 1. The number of benzene rings is 1. The van der Waals surface area contributed by atoms with Crippen molar-refractivity contribution in [2.45, 2.75) is 20.8 Å². The first kappa shape index (κ1) is 12.5. The van der Waals surface area contributed by atoms with E-state index in [0.717, 1.165) is 10.4 Å². The van der Waals surface area contributed by atoms with Crippen molar-refractivity contribution < 1.29 is 5.11 Å². The van der Waals surface area contributed by atoms with Gasteiger partial charge in [0.25, 0.3) is 0 Å². The molecule has 1 aromatic carbocycles. The molecular formula is C13H18O. The summed E-state index contributed by atoms with van der Waals surface area (Å²) in [5, 5.41) is 11.3. The standard InChI is InChI=1S/C11H12O.C2H6/c1-3-6-10-9(4-2)7-5-8-11(10)12;1-2/h3-8,12H,1H2,2H3;1-2H3/b9-4-,10-6+;. The highest BCUT2D eigenvalue weighted by Crippen LogP contribution is 1.94. The minimum absolute atomic E-state index is 0.297. The molecule has 0 unspecified atom stereocenters. The van der Waals surface area contributed by atoms with E-state index in [2.05, 4.69) is 6.58 Å². The molecule has 1 nitrogen and oxygen atoms in total. The summed E-state index contributed by atoms with van der Waals surface area (Å²) in [5.74, 6) is 0.297. The smallest absolute Gasteiger partial charge is 0.123 e. The lowest BCUT2D eigenvalue weighted by molar-refractivity contribution is 0.470. The van der Waals surface area contributed by atoms with E-state index in [4.69, 9.17) is 0 Å². The maximum absolute atomic E-state index is 9.45. The molecule has 76 valence electrons. The number of rotatable bonds is 1. The zero-order valence-electron chi connectivity index (χ0n) is 9.12. The van der Waals surface area contributed by atoms with Crippen LogP contribution in [-0.4, -0.2) is 5.11 Å². The van der Waals surface area contributed by atoms with Gasteiger partial charge < -0.3 is 5.11 Å². The Kier molecular flexibility index (Phi) is 6.21. The lowest BCUT2D eigenvalue weighted by Crippen LogP contribution is -2.23. The Bertz CT molecular complexity index is 388. The Hall–Kier alpha value is -1.50. The van der Waals surface area contributed by atoms with Gasteiger partial charge in [-0.15, -0.1) is 0 Å². The largest absolute Gasteiger partial charge is 0.507 e. The van der Waals surface area contributed by atoms with Crippen molar-refractivity contribution in [3.63, 3.8) is 0 Å². The van der Waals surface area contributed by atoms with E-state index in [1.54, 1.807) is 18.2 Å². The van der Waals surface area contributed by atoms with Crippen LogP contribution in [0.3, 0.4) is 0 Å². The molecule has 0 aromatic heterocycles. The van der Waals surface area contributed by atoms with Crippen LogP contribution in [-0.2, 0) is 0 Å². The van der Waals surface area contributed by atoms with E-state index < -0.39 is 0 Å². The predicted octanol–water partition coefficient (Wildman–Crippen LogP) is 2.19. The van der Waals surface area contributed by atoms with Crippen LogP contribution in [0.1, 0.15) is 20.8 Å². The molecule has 0 radical (unpaired) electrons. The summed E-state index contributed by atoms with van der Waals surface area (Å²) < 4.78 is 0. The van der Waals surface area contributed by atoms with E-state index in [1.165, 1.54) is 0 Å². The lowest BCUT2D eigenvalue weighted by atomic mass is 10.2. The summed E-state index contributed by atoms with van der Waals surface area (Å²) in [6, 6.07) is 5.45. The first-order chi connectivity index (χ1) is 6.79. The predicted molar refractivity (Wildman–Crippen MR) is 63.5 cm³/mol. The number of hydrogen-bond donors (Lipinski definition) is 1. The van der Waals surface area contributed by atoms with Gasteiger partial charge in [0.05, 0.1) is 0 Å². The molecule has 1 N–H and O–H groups in total. The normalized spacial score (nSPS) is 11.9. The van der Waals surface area contributed by atoms with Crippen LogP contribution in [0.15, 0.2) is 30.9 Å². The average molecular weight is 190 g/mol. The van der Waals surface area contributed by atoms with Crippen LogP contribution in [0.2, 0.25) is 0 Å². The second-order valence-corrected chi connectivity index (χ2v) is 2.47. The minimum Gasteiger partial charge on any atom is -0.507 e. The molecule has 0 aliphatic carbocycles. The van der Waals surface area contributed by atoms with Crippen LogP contribution in [0.4, 0.5) is 0 Å². The van der Waals surface area contributed by atoms with Gasteiger partial charge in [-0.3, -0.25) is 0 Å². The Balaban J connectivity index is 0.000000791. The van der Waals surface area contributed by atoms with Gasteiger partial charge in [0.15, 0.2) is 0 Å². The number of aromatic hydroxyl groups is 1. The van der Waals surface area contributed by atoms with Crippen molar-refractivity contribution in [1.82, 2.24) is 0 Å². The fourth-order valence-corrected chi connectivity index (χ4v) is 1.12. The lowest BCUT2D eigenvalue weighted by Gasteiger charge is -1.92. The first-order valence-electron chi connectivity index (χ1n) is 4.86. The number of hydrogen-bond acceptors (Lipinski definition) is 1. The maximum Gasteiger partial charge on any atom is 0.123 e. The van der Waals surface area contributed by atoms with Crippen molar-refractivity contribution in [1.29, 1.82) is 0 Å². The number of allylic oxidation sites excluding steroid dienone is 1. The zero-order valence-corrected chi connectivity index (χ0v) is 9.12. The van der Waals surface area contributed by atoms with Crippen molar-refractivity contribution in [2.24, 2.45) is 0 Å². The van der Waals surface area contributed by atoms with Gasteiger partial charge >= 0.3 is 0 Å². The molecule has 0 atom stereocenters. The Morgan fingerprint density at radius 1 is 1.29 bits per heavy atom. The first-order valence-corrected chi connectivity index (χ1v) is 4.86. The third kappa shape index (κ3) is 3.09. The van der Waals surface area contributed by atoms with E-state index >= 15 is 0 Å². The molecule has 14 heavy (non-hydrogen) atoms. The topological polar surface area (TPSA) is 20.2 Å². The van der Waals surface area contributed by atoms with Gasteiger partial charge in [-0.25, -0.2) is 0 Å². The zero-order chi connectivity index (χ0) is 11.0. The summed E-state index contributed by atoms with van der Waals surface area (Å²) in [6.45, 7) is 9.53. The third-order valence-corrected chi connectivity index (χ3v) is 1.71. The van der Waals surface area contributed by atoms with Crippen molar-refractivity contribution >= 4 is 12.2 Å². The molecule has 1 rings (SSSR count). The van der Waals surface area contributed by atoms with Crippen LogP contribution < -0.4 is 10.4 Å². The summed E-state index contributed by atoms with van der Waals surface area (Å²) in [4.78, 5) is 0. The summed E-state index contributed by atoms with van der Waals surface area (Å²) in [5.41, 5.74) is 0. The van der Waals surface area contributed by atoms with Gasteiger partial charge in [-0.2, -0.15) is 0 Å². The Morgan fingerprint density at radius 2 is 1.93 bits per heavy atom. The van der Waals surface area contributed by atoms with Gasteiger partial charge in [-0.05, 0) is 18.2 Å². The van der Waals surface area contributed by atoms with Crippen LogP contribution in [0.5, 0.6) is 5.75 Å². The monoisotopic (exact) mass is 190 g/mol. The molecule has 0 fully saturated rings. The fourth-order valence-electron chi connectivity index (χ4n) is 1.12. The summed E-state index contributed by atoms with van der Waals surface area (Å²) in [7, 11) is 0. The molecule has 0 heterocycles.